The second-order valence-corrected chi connectivity index (χ2v) is 7.62. The summed E-state index contributed by atoms with van der Waals surface area (Å²) >= 11 is 1.94. The zero-order valence-corrected chi connectivity index (χ0v) is 14.9. The predicted octanol–water partition coefficient (Wildman–Crippen LogP) is 6.40. The second kappa shape index (κ2) is 7.76. The third-order valence-electron chi connectivity index (χ3n) is 4.23. The Hall–Kier alpha value is -1.13. The number of hydrogen-bond donors (Lipinski definition) is 0. The van der Waals surface area contributed by atoms with Crippen molar-refractivity contribution >= 4 is 17.3 Å². The molecule has 0 radical (unpaired) electrons. The Morgan fingerprint density at radius 1 is 1.38 bits per heavy atom. The van der Waals surface area contributed by atoms with E-state index < -0.39 is 0 Å². The molecule has 0 N–H and O–H groups in total. The normalized spacial score (nSPS) is 12.8. The van der Waals surface area contributed by atoms with E-state index >= 15 is 0 Å². The first-order chi connectivity index (χ1) is 9.85. The molecule has 1 aromatic carbocycles. The van der Waals surface area contributed by atoms with Gasteiger partial charge < -0.3 is 0 Å². The molecule has 0 aliphatic carbocycles. The number of allylic oxidation sites excluding steroid dienone is 1. The number of thioether (sulfide) groups is 1. The third-order valence-corrected chi connectivity index (χ3v) is 6.00. The van der Waals surface area contributed by atoms with E-state index in [1.807, 2.05) is 18.7 Å². The molecule has 0 nitrogen and oxygen atoms in total. The van der Waals surface area contributed by atoms with E-state index in [9.17, 15) is 0 Å². The molecule has 0 heterocycles. The Bertz CT molecular complexity index is 531. The van der Waals surface area contributed by atoms with Gasteiger partial charge >= 0.3 is 0 Å². The Kier molecular flexibility index (Phi) is 6.62. The summed E-state index contributed by atoms with van der Waals surface area (Å²) < 4.78 is 0. The number of terminal acetylenes is 1. The number of rotatable bonds is 7. The van der Waals surface area contributed by atoms with E-state index in [1.165, 1.54) is 24.2 Å². The van der Waals surface area contributed by atoms with Crippen LogP contribution in [0.2, 0.25) is 0 Å². The molecule has 1 atom stereocenters. The summed E-state index contributed by atoms with van der Waals surface area (Å²) in [6.07, 6.45) is 9.32. The van der Waals surface area contributed by atoms with Crippen molar-refractivity contribution in [3.8, 4) is 12.3 Å². The molecular weight excluding hydrogens is 272 g/mol. The Balaban J connectivity index is 3.10. The first kappa shape index (κ1) is 17.9. The van der Waals surface area contributed by atoms with Gasteiger partial charge in [-0.2, -0.15) is 0 Å². The smallest absolute Gasteiger partial charge is 0.0384 e. The summed E-state index contributed by atoms with van der Waals surface area (Å²) in [7, 11) is 0. The molecule has 0 bridgehead atoms. The Morgan fingerprint density at radius 3 is 2.52 bits per heavy atom. The van der Waals surface area contributed by atoms with Crippen molar-refractivity contribution in [3.05, 3.63) is 35.9 Å². The van der Waals surface area contributed by atoms with Crippen LogP contribution in [0.15, 0.2) is 29.7 Å². The largest absolute Gasteiger partial charge is 0.121 e. The average Bonchev–Trinajstić information content (AvgIpc) is 2.46. The summed E-state index contributed by atoms with van der Waals surface area (Å²) in [5.41, 5.74) is 3.50. The molecule has 1 rings (SSSR count). The first-order valence-corrected chi connectivity index (χ1v) is 8.66. The summed E-state index contributed by atoms with van der Waals surface area (Å²) in [5, 5.41) is 0.593. The lowest BCUT2D eigenvalue weighted by molar-refractivity contribution is 0.324. The fourth-order valence-electron chi connectivity index (χ4n) is 2.26. The SMILES string of the molecule is C#Cc1cc(C(=C)C)ccc1SC(CCC)C(C)(C)CC. The van der Waals surface area contributed by atoms with E-state index in [2.05, 4.69) is 58.4 Å². The predicted molar refractivity (Wildman–Crippen MR) is 97.7 cm³/mol. The highest BCUT2D eigenvalue weighted by Gasteiger charge is 2.28. The lowest BCUT2D eigenvalue weighted by atomic mass is 9.84. The first-order valence-electron chi connectivity index (χ1n) is 7.78. The molecule has 0 aliphatic rings. The standard InChI is InChI=1S/C20H28S/c1-8-11-19(20(6,7)10-3)21-18-13-12-17(15(4)5)14-16(18)9-2/h2,12-14,19H,4,8,10-11H2,1,3,5-7H3. The average molecular weight is 301 g/mol. The molecule has 0 fully saturated rings. The topological polar surface area (TPSA) is 0 Å². The van der Waals surface area contributed by atoms with Crippen molar-refractivity contribution in [3.63, 3.8) is 0 Å². The summed E-state index contributed by atoms with van der Waals surface area (Å²) in [6, 6.07) is 6.39. The number of benzene rings is 1. The summed E-state index contributed by atoms with van der Waals surface area (Å²) in [6.45, 7) is 15.3. The van der Waals surface area contributed by atoms with Crippen molar-refractivity contribution in [2.24, 2.45) is 5.41 Å². The quantitative estimate of drug-likeness (QED) is 0.415. The van der Waals surface area contributed by atoms with Crippen LogP contribution in [0.5, 0.6) is 0 Å². The van der Waals surface area contributed by atoms with Gasteiger partial charge in [-0.05, 0) is 42.9 Å². The Morgan fingerprint density at radius 2 is 2.05 bits per heavy atom. The van der Waals surface area contributed by atoms with E-state index in [0.29, 0.717) is 10.7 Å². The second-order valence-electron chi connectivity index (χ2n) is 6.37. The molecule has 0 aromatic heterocycles. The van der Waals surface area contributed by atoms with Crippen molar-refractivity contribution < 1.29 is 0 Å². The number of hydrogen-bond acceptors (Lipinski definition) is 1. The fraction of sp³-hybridized carbons (Fsp3) is 0.500. The minimum Gasteiger partial charge on any atom is -0.121 e. The van der Waals surface area contributed by atoms with Crippen LogP contribution in [0.25, 0.3) is 5.57 Å². The fourth-order valence-corrected chi connectivity index (χ4v) is 3.80. The van der Waals surface area contributed by atoms with Gasteiger partial charge in [-0.15, -0.1) is 18.2 Å². The molecule has 114 valence electrons. The third kappa shape index (κ3) is 4.68. The van der Waals surface area contributed by atoms with E-state index in [4.69, 9.17) is 6.42 Å². The molecular formula is C20H28S. The molecule has 1 aromatic rings. The minimum atomic E-state index is 0.319. The maximum absolute atomic E-state index is 5.72. The van der Waals surface area contributed by atoms with E-state index in [-0.39, 0.29) is 0 Å². The molecule has 0 saturated carbocycles. The molecule has 21 heavy (non-hydrogen) atoms. The highest BCUT2D eigenvalue weighted by Crippen LogP contribution is 2.41. The molecule has 1 heteroatoms. The minimum absolute atomic E-state index is 0.319. The van der Waals surface area contributed by atoms with Crippen molar-refractivity contribution in [2.75, 3.05) is 0 Å². The molecule has 0 amide bonds. The van der Waals surface area contributed by atoms with Crippen LogP contribution in [0.1, 0.15) is 65.0 Å². The highest BCUT2D eigenvalue weighted by molar-refractivity contribution is 8.00. The summed E-state index contributed by atoms with van der Waals surface area (Å²) in [4.78, 5) is 1.22. The maximum Gasteiger partial charge on any atom is 0.0384 e. The van der Waals surface area contributed by atoms with Crippen LogP contribution in [0, 0.1) is 17.8 Å². The van der Waals surface area contributed by atoms with Crippen LogP contribution in [0.3, 0.4) is 0 Å². The monoisotopic (exact) mass is 300 g/mol. The van der Waals surface area contributed by atoms with Gasteiger partial charge in [0, 0.05) is 15.7 Å². The van der Waals surface area contributed by atoms with Gasteiger partial charge in [0.15, 0.2) is 0 Å². The van der Waals surface area contributed by atoms with E-state index in [0.717, 1.165) is 16.7 Å². The van der Waals surface area contributed by atoms with Gasteiger partial charge in [0.25, 0.3) is 0 Å². The van der Waals surface area contributed by atoms with Crippen LogP contribution in [0.4, 0.5) is 0 Å². The molecule has 0 saturated heterocycles. The van der Waals surface area contributed by atoms with Gasteiger partial charge in [-0.1, -0.05) is 58.3 Å². The van der Waals surface area contributed by atoms with Crippen LogP contribution in [-0.2, 0) is 0 Å². The summed E-state index contributed by atoms with van der Waals surface area (Å²) in [5.74, 6) is 2.85. The van der Waals surface area contributed by atoms with Crippen LogP contribution in [-0.4, -0.2) is 5.25 Å². The van der Waals surface area contributed by atoms with Gasteiger partial charge in [-0.3, -0.25) is 0 Å². The molecule has 1 unspecified atom stereocenters. The van der Waals surface area contributed by atoms with Gasteiger partial charge in [0.05, 0.1) is 0 Å². The lowest BCUT2D eigenvalue weighted by Gasteiger charge is -2.33. The van der Waals surface area contributed by atoms with Crippen molar-refractivity contribution in [1.29, 1.82) is 0 Å². The highest BCUT2D eigenvalue weighted by atomic mass is 32.2. The van der Waals surface area contributed by atoms with Crippen LogP contribution >= 0.6 is 11.8 Å². The van der Waals surface area contributed by atoms with Gasteiger partial charge in [-0.25, -0.2) is 0 Å². The van der Waals surface area contributed by atoms with Crippen LogP contribution < -0.4 is 0 Å². The van der Waals surface area contributed by atoms with Crippen molar-refractivity contribution in [1.82, 2.24) is 0 Å². The van der Waals surface area contributed by atoms with Crippen molar-refractivity contribution in [2.45, 2.75) is 64.0 Å². The zero-order valence-electron chi connectivity index (χ0n) is 14.1. The lowest BCUT2D eigenvalue weighted by Crippen LogP contribution is -2.25. The Labute approximate surface area is 135 Å². The molecule has 0 aliphatic heterocycles. The van der Waals surface area contributed by atoms with E-state index in [1.54, 1.807) is 0 Å². The maximum atomic E-state index is 5.72. The van der Waals surface area contributed by atoms with Gasteiger partial charge in [0.2, 0.25) is 0 Å². The molecule has 0 spiro atoms. The van der Waals surface area contributed by atoms with Gasteiger partial charge in [0.1, 0.15) is 0 Å². The zero-order chi connectivity index (χ0) is 16.0.